The average Bonchev–Trinajstić information content (AvgIpc) is 3.00. The van der Waals surface area contributed by atoms with Crippen molar-refractivity contribution in [3.05, 3.63) is 44.2 Å². The SMILES string of the molecule is [CH2]=[Ti]([C]1=CC=CC1)[C]1=CC=CC1.[CH3][AlH][O][AlH2]. The first-order valence-corrected chi connectivity index (χ1v) is 11.2. The van der Waals surface area contributed by atoms with Gasteiger partial charge in [0.15, 0.2) is 0 Å². The summed E-state index contributed by atoms with van der Waals surface area (Å²) in [6.45, 7) is 0. The van der Waals surface area contributed by atoms with Gasteiger partial charge in [0.05, 0.1) is 0 Å². The Labute approximate surface area is 119 Å². The van der Waals surface area contributed by atoms with Crippen LogP contribution in [0.1, 0.15) is 12.8 Å². The van der Waals surface area contributed by atoms with E-state index in [4.69, 9.17) is 2.84 Å². The minimum absolute atomic E-state index is 0.0139. The minimum atomic E-state index is -1.23. The van der Waals surface area contributed by atoms with Crippen molar-refractivity contribution in [3.8, 4) is 0 Å². The maximum absolute atomic E-state index is 4.82. The minimum Gasteiger partial charge on any atom is -0.645 e. The molecule has 16 heavy (non-hydrogen) atoms. The third-order valence-electron chi connectivity index (χ3n) is 2.61. The molecule has 2 aliphatic carbocycles. The van der Waals surface area contributed by atoms with Gasteiger partial charge >= 0.3 is 111 Å². The standard InChI is InChI=1S/2C5H5.CH3.CH2.2Al.O.Ti.3H/c2*1-2-4-5-3-1;;;;;;;;;/h2*1-3H,4H2;1H3;1H2;;;;;;;. The Morgan fingerprint density at radius 3 is 1.94 bits per heavy atom. The van der Waals surface area contributed by atoms with Crippen LogP contribution in [-0.4, -0.2) is 37.0 Å². The quantitative estimate of drug-likeness (QED) is 0.715. The van der Waals surface area contributed by atoms with Crippen molar-refractivity contribution >= 4 is 37.0 Å². The van der Waals surface area contributed by atoms with Crippen LogP contribution in [0.15, 0.2) is 44.2 Å². The van der Waals surface area contributed by atoms with E-state index in [1.165, 1.54) is 0 Å². The summed E-state index contributed by atoms with van der Waals surface area (Å²) >= 11 is -0.294. The molecular formula is C12H18Al2OTi. The molecule has 0 aromatic heterocycles. The van der Waals surface area contributed by atoms with Gasteiger partial charge in [0.25, 0.3) is 0 Å². The first-order valence-electron chi connectivity index (χ1n) is 5.69. The van der Waals surface area contributed by atoms with E-state index in [2.05, 4.69) is 47.1 Å². The van der Waals surface area contributed by atoms with Crippen LogP contribution >= 0.6 is 0 Å². The van der Waals surface area contributed by atoms with E-state index in [0.717, 1.165) is 29.5 Å². The molecule has 82 valence electrons. The molecule has 0 aromatic carbocycles. The van der Waals surface area contributed by atoms with Gasteiger partial charge in [0.2, 0.25) is 0 Å². The molecule has 0 saturated heterocycles. The van der Waals surface area contributed by atoms with Gasteiger partial charge in [0, 0.05) is 0 Å². The van der Waals surface area contributed by atoms with Gasteiger partial charge in [-0.05, 0) is 0 Å². The van der Waals surface area contributed by atoms with Crippen molar-refractivity contribution in [2.24, 2.45) is 0 Å². The van der Waals surface area contributed by atoms with E-state index in [1.807, 2.05) is 0 Å². The van der Waals surface area contributed by atoms with Crippen LogP contribution in [0.5, 0.6) is 0 Å². The zero-order chi connectivity index (χ0) is 11.8. The molecule has 0 spiro atoms. The summed E-state index contributed by atoms with van der Waals surface area (Å²) in [6, 6.07) is 0. The van der Waals surface area contributed by atoms with Crippen molar-refractivity contribution in [2.75, 3.05) is 0 Å². The number of allylic oxidation sites excluding steroid dienone is 8. The molecule has 0 saturated carbocycles. The number of hydrogen-bond donors (Lipinski definition) is 0. The van der Waals surface area contributed by atoms with Crippen LogP contribution in [-0.2, 0) is 20.2 Å². The predicted octanol–water partition coefficient (Wildman–Crippen LogP) is 1.67. The molecule has 1 nitrogen and oxygen atoms in total. The Morgan fingerprint density at radius 2 is 1.69 bits per heavy atom. The monoisotopic (exact) mass is 280 g/mol. The van der Waals surface area contributed by atoms with E-state index < -0.39 is 17.4 Å². The Balaban J connectivity index is 0.000000280. The first-order chi connectivity index (χ1) is 7.79. The van der Waals surface area contributed by atoms with E-state index in [9.17, 15) is 0 Å². The van der Waals surface area contributed by atoms with Gasteiger partial charge in [-0.1, -0.05) is 5.79 Å². The molecule has 0 aliphatic heterocycles. The molecule has 0 fully saturated rings. The van der Waals surface area contributed by atoms with Crippen LogP contribution in [0.3, 0.4) is 0 Å². The molecule has 0 atom stereocenters. The predicted molar refractivity (Wildman–Crippen MR) is 73.4 cm³/mol. The normalized spacial score (nSPS) is 16.3. The van der Waals surface area contributed by atoms with Crippen LogP contribution in [0.4, 0.5) is 0 Å². The maximum atomic E-state index is 4.82. The third-order valence-corrected chi connectivity index (χ3v) is 8.49. The summed E-state index contributed by atoms with van der Waals surface area (Å²) in [6.07, 6.45) is 15.6. The van der Waals surface area contributed by atoms with E-state index >= 15 is 0 Å². The van der Waals surface area contributed by atoms with Crippen molar-refractivity contribution in [2.45, 2.75) is 18.6 Å². The zero-order valence-electron chi connectivity index (χ0n) is 10.2. The average molecular weight is 280 g/mol. The fourth-order valence-corrected chi connectivity index (χ4v) is 4.26. The van der Waals surface area contributed by atoms with Crippen molar-refractivity contribution in [3.63, 3.8) is 0 Å². The van der Waals surface area contributed by atoms with Gasteiger partial charge in [-0.3, -0.25) is 0 Å². The third kappa shape index (κ3) is 4.83. The summed E-state index contributed by atoms with van der Waals surface area (Å²) in [4.78, 5) is 4.35. The van der Waals surface area contributed by atoms with Gasteiger partial charge in [-0.25, -0.2) is 0 Å². The molecule has 0 heterocycles. The van der Waals surface area contributed by atoms with E-state index in [-0.39, 0.29) is 15.6 Å². The Bertz CT molecular complexity index is 333. The second-order valence-electron chi connectivity index (χ2n) is 3.70. The molecule has 0 aromatic rings. The molecule has 4 heteroatoms. The molecule has 2 aliphatic rings. The van der Waals surface area contributed by atoms with Gasteiger partial charge in [0.1, 0.15) is 0 Å². The summed E-state index contributed by atoms with van der Waals surface area (Å²) in [5.74, 6) is 2.13. The smallest absolute Gasteiger partial charge is 0.401 e. The number of hydrogen-bond acceptors (Lipinski definition) is 1. The second kappa shape index (κ2) is 8.63. The molecule has 0 amide bonds. The maximum Gasteiger partial charge on any atom is 0.401 e. The summed E-state index contributed by atoms with van der Waals surface area (Å²) in [7, 11) is 0. The summed E-state index contributed by atoms with van der Waals surface area (Å²) < 4.78 is 8.05. The van der Waals surface area contributed by atoms with Gasteiger partial charge < -0.3 is 2.84 Å². The molecule has 0 unspecified atom stereocenters. The zero-order valence-corrected chi connectivity index (χ0v) is 15.2. The Hall–Kier alpha value is 0.569. The van der Waals surface area contributed by atoms with E-state index in [0.29, 0.717) is 0 Å². The van der Waals surface area contributed by atoms with Crippen molar-refractivity contribution in [1.29, 1.82) is 0 Å². The second-order valence-corrected chi connectivity index (χ2v) is 10.1. The largest absolute Gasteiger partial charge is 0.645 e. The van der Waals surface area contributed by atoms with Crippen molar-refractivity contribution in [1.82, 2.24) is 0 Å². The molecule has 0 N–H and O–H groups in total. The summed E-state index contributed by atoms with van der Waals surface area (Å²) in [5, 5.41) is 0. The van der Waals surface area contributed by atoms with Crippen LogP contribution in [0, 0.1) is 0 Å². The summed E-state index contributed by atoms with van der Waals surface area (Å²) in [5.41, 5.74) is 0. The van der Waals surface area contributed by atoms with Gasteiger partial charge in [-0.2, -0.15) is 0 Å². The van der Waals surface area contributed by atoms with Crippen LogP contribution in [0.2, 0.25) is 5.79 Å². The van der Waals surface area contributed by atoms with Crippen LogP contribution in [0.25, 0.3) is 0 Å². The first kappa shape index (κ1) is 14.6. The molecule has 0 bridgehead atoms. The fourth-order valence-electron chi connectivity index (χ4n) is 1.55. The Morgan fingerprint density at radius 1 is 1.25 bits per heavy atom. The molecular weight excluding hydrogens is 262 g/mol. The van der Waals surface area contributed by atoms with Crippen molar-refractivity contribution < 1.29 is 20.2 Å². The van der Waals surface area contributed by atoms with Gasteiger partial charge in [-0.15, -0.1) is 0 Å². The Kier molecular flexibility index (Phi) is 7.89. The topological polar surface area (TPSA) is 9.23 Å². The fraction of sp³-hybridized carbons (Fsp3) is 0.250. The van der Waals surface area contributed by atoms with E-state index in [1.54, 1.807) is 7.76 Å². The number of rotatable bonds is 3. The molecule has 2 rings (SSSR count). The van der Waals surface area contributed by atoms with Crippen LogP contribution < -0.4 is 0 Å². The molecule has 0 radical (unpaired) electrons.